The van der Waals surface area contributed by atoms with Crippen molar-refractivity contribution < 1.29 is 9.53 Å². The second kappa shape index (κ2) is 10.1. The number of fused-ring (bicyclic) bond motifs is 1. The van der Waals surface area contributed by atoms with Gasteiger partial charge in [0.15, 0.2) is 4.77 Å². The SMILES string of the molecule is COCCN(Cc1ccccn1)C(=O)c1ccc2c(=O)n(-c3cccc(C)c3C)c(=S)[nH]c2c1. The average Bonchev–Trinajstić information content (AvgIpc) is 2.84. The van der Waals surface area contributed by atoms with Crippen molar-refractivity contribution in [1.82, 2.24) is 19.4 Å². The maximum Gasteiger partial charge on any atom is 0.266 e. The summed E-state index contributed by atoms with van der Waals surface area (Å²) in [5.74, 6) is -0.178. The molecular formula is C26H26N4O3S. The molecule has 0 aliphatic heterocycles. The molecule has 1 amide bonds. The minimum Gasteiger partial charge on any atom is -0.383 e. The molecule has 2 aromatic carbocycles. The van der Waals surface area contributed by atoms with E-state index in [0.29, 0.717) is 36.2 Å². The largest absolute Gasteiger partial charge is 0.383 e. The van der Waals surface area contributed by atoms with Gasteiger partial charge >= 0.3 is 0 Å². The zero-order valence-corrected chi connectivity index (χ0v) is 20.2. The van der Waals surface area contributed by atoms with Crippen LogP contribution in [0, 0.1) is 18.6 Å². The first kappa shape index (κ1) is 23.5. The van der Waals surface area contributed by atoms with Gasteiger partial charge in [-0.2, -0.15) is 0 Å². The number of benzene rings is 2. The van der Waals surface area contributed by atoms with E-state index >= 15 is 0 Å². The number of nitrogens with one attached hydrogen (secondary N) is 1. The number of pyridine rings is 1. The summed E-state index contributed by atoms with van der Waals surface area (Å²) in [6.07, 6.45) is 1.70. The monoisotopic (exact) mass is 474 g/mol. The predicted octanol–water partition coefficient (Wildman–Crippen LogP) is 4.35. The Kier molecular flexibility index (Phi) is 7.00. The van der Waals surface area contributed by atoms with Crippen molar-refractivity contribution in [3.8, 4) is 5.69 Å². The predicted molar refractivity (Wildman–Crippen MR) is 135 cm³/mol. The van der Waals surface area contributed by atoms with Crippen molar-refractivity contribution in [2.75, 3.05) is 20.3 Å². The van der Waals surface area contributed by atoms with Crippen molar-refractivity contribution >= 4 is 29.0 Å². The molecule has 2 aromatic heterocycles. The second-order valence-corrected chi connectivity index (χ2v) is 8.48. The molecule has 1 N–H and O–H groups in total. The summed E-state index contributed by atoms with van der Waals surface area (Å²) in [6.45, 7) is 5.12. The molecule has 4 rings (SSSR count). The van der Waals surface area contributed by atoms with Crippen LogP contribution in [-0.4, -0.2) is 45.6 Å². The van der Waals surface area contributed by atoms with Crippen LogP contribution in [0.15, 0.2) is 65.6 Å². The van der Waals surface area contributed by atoms with Crippen LogP contribution < -0.4 is 5.56 Å². The summed E-state index contributed by atoms with van der Waals surface area (Å²) in [4.78, 5) is 35.9. The van der Waals surface area contributed by atoms with E-state index in [-0.39, 0.29) is 16.2 Å². The number of hydrogen-bond acceptors (Lipinski definition) is 5. The van der Waals surface area contributed by atoms with Crippen molar-refractivity contribution in [2.24, 2.45) is 0 Å². The van der Waals surface area contributed by atoms with Gasteiger partial charge in [-0.3, -0.25) is 19.1 Å². The van der Waals surface area contributed by atoms with Crippen molar-refractivity contribution in [1.29, 1.82) is 0 Å². The van der Waals surface area contributed by atoms with E-state index in [9.17, 15) is 9.59 Å². The molecule has 7 nitrogen and oxygen atoms in total. The fourth-order valence-corrected chi connectivity index (χ4v) is 4.16. The van der Waals surface area contributed by atoms with Crippen molar-refractivity contribution in [3.63, 3.8) is 0 Å². The summed E-state index contributed by atoms with van der Waals surface area (Å²) in [5, 5.41) is 0.458. The smallest absolute Gasteiger partial charge is 0.266 e. The molecule has 174 valence electrons. The molecule has 0 fully saturated rings. The normalized spacial score (nSPS) is 11.0. The summed E-state index contributed by atoms with van der Waals surface area (Å²) < 4.78 is 6.98. The number of aromatic nitrogens is 3. The van der Waals surface area contributed by atoms with Crippen LogP contribution in [0.3, 0.4) is 0 Å². The highest BCUT2D eigenvalue weighted by molar-refractivity contribution is 7.71. The van der Waals surface area contributed by atoms with Gasteiger partial charge in [0.25, 0.3) is 11.5 Å². The highest BCUT2D eigenvalue weighted by Gasteiger charge is 2.18. The molecule has 0 unspecified atom stereocenters. The molecule has 0 bridgehead atoms. The third kappa shape index (κ3) is 4.69. The van der Waals surface area contributed by atoms with Crippen LogP contribution in [0.2, 0.25) is 0 Å². The van der Waals surface area contributed by atoms with Crippen molar-refractivity contribution in [2.45, 2.75) is 20.4 Å². The van der Waals surface area contributed by atoms with E-state index in [1.165, 1.54) is 4.57 Å². The topological polar surface area (TPSA) is 80.2 Å². The van der Waals surface area contributed by atoms with E-state index in [2.05, 4.69) is 9.97 Å². The number of carbonyl (C=O) groups excluding carboxylic acids is 1. The lowest BCUT2D eigenvalue weighted by Gasteiger charge is -2.22. The molecule has 2 heterocycles. The zero-order valence-electron chi connectivity index (χ0n) is 19.4. The number of nitrogens with zero attached hydrogens (tertiary/aromatic N) is 3. The fraction of sp³-hybridized carbons (Fsp3) is 0.231. The first-order valence-corrected chi connectivity index (χ1v) is 11.4. The maximum absolute atomic E-state index is 13.4. The fourth-order valence-electron chi connectivity index (χ4n) is 3.87. The molecule has 0 aliphatic carbocycles. The molecule has 0 atom stereocenters. The Morgan fingerprint density at radius 3 is 2.71 bits per heavy atom. The molecule has 0 aliphatic rings. The van der Waals surface area contributed by atoms with Gasteiger partial charge in [0.2, 0.25) is 0 Å². The molecule has 0 radical (unpaired) electrons. The lowest BCUT2D eigenvalue weighted by Crippen LogP contribution is -2.33. The quantitative estimate of drug-likeness (QED) is 0.403. The van der Waals surface area contributed by atoms with Gasteiger partial charge in [-0.1, -0.05) is 18.2 Å². The molecular weight excluding hydrogens is 448 g/mol. The average molecular weight is 475 g/mol. The number of ether oxygens (including phenoxy) is 1. The molecule has 0 spiro atoms. The Morgan fingerprint density at radius 1 is 1.15 bits per heavy atom. The summed E-state index contributed by atoms with van der Waals surface area (Å²) >= 11 is 5.54. The van der Waals surface area contributed by atoms with Gasteiger partial charge in [-0.15, -0.1) is 0 Å². The Hall–Kier alpha value is -3.62. The number of aromatic amines is 1. The van der Waals surface area contributed by atoms with Gasteiger partial charge in [0.1, 0.15) is 0 Å². The summed E-state index contributed by atoms with van der Waals surface area (Å²) in [5.41, 5.74) is 4.33. The number of amides is 1. The van der Waals surface area contributed by atoms with Crippen LogP contribution in [-0.2, 0) is 11.3 Å². The molecule has 0 saturated heterocycles. The van der Waals surface area contributed by atoms with E-state index < -0.39 is 0 Å². The second-order valence-electron chi connectivity index (χ2n) is 8.09. The van der Waals surface area contributed by atoms with E-state index in [1.54, 1.807) is 36.4 Å². The van der Waals surface area contributed by atoms with Crippen LogP contribution in [0.25, 0.3) is 16.6 Å². The van der Waals surface area contributed by atoms with Gasteiger partial charge in [0.05, 0.1) is 35.4 Å². The lowest BCUT2D eigenvalue weighted by atomic mass is 10.1. The third-order valence-electron chi connectivity index (χ3n) is 5.89. The van der Waals surface area contributed by atoms with Gasteiger partial charge in [-0.25, -0.2) is 0 Å². The Bertz CT molecular complexity index is 1460. The van der Waals surface area contributed by atoms with E-state index in [4.69, 9.17) is 17.0 Å². The first-order valence-electron chi connectivity index (χ1n) is 10.9. The number of hydrogen-bond donors (Lipinski definition) is 1. The van der Waals surface area contributed by atoms with Crippen LogP contribution in [0.1, 0.15) is 27.2 Å². The number of aryl methyl sites for hydroxylation is 1. The molecule has 34 heavy (non-hydrogen) atoms. The van der Waals surface area contributed by atoms with Gasteiger partial charge in [0, 0.05) is 25.4 Å². The molecule has 0 saturated carbocycles. The van der Waals surface area contributed by atoms with Crippen LogP contribution in [0.5, 0.6) is 0 Å². The summed E-state index contributed by atoms with van der Waals surface area (Å²) in [7, 11) is 1.60. The maximum atomic E-state index is 13.4. The highest BCUT2D eigenvalue weighted by atomic mass is 32.1. The summed E-state index contributed by atoms with van der Waals surface area (Å²) in [6, 6.07) is 16.4. The van der Waals surface area contributed by atoms with Gasteiger partial charge in [-0.05, 0) is 73.6 Å². The minimum atomic E-state index is -0.226. The van der Waals surface area contributed by atoms with Crippen molar-refractivity contribution in [3.05, 3.63) is 98.3 Å². The minimum absolute atomic E-state index is 0.178. The number of methoxy groups -OCH3 is 1. The zero-order chi connectivity index (χ0) is 24.2. The number of carbonyl (C=O) groups is 1. The Balaban J connectivity index is 1.74. The Labute approximate surface area is 202 Å². The molecule has 8 heteroatoms. The van der Waals surface area contributed by atoms with E-state index in [1.807, 2.05) is 50.2 Å². The van der Waals surface area contributed by atoms with Crippen LogP contribution in [0.4, 0.5) is 0 Å². The van der Waals surface area contributed by atoms with E-state index in [0.717, 1.165) is 22.5 Å². The highest BCUT2D eigenvalue weighted by Crippen LogP contribution is 2.19. The standard InChI is InChI=1S/C26H26N4O3S/c1-17-7-6-9-23(18(17)2)30-25(32)21-11-10-19(15-22(21)28-26(30)34)24(31)29(13-14-33-3)16-20-8-4-5-12-27-20/h4-12,15H,13-14,16H2,1-3H3,(H,28,34). The third-order valence-corrected chi connectivity index (χ3v) is 6.18. The molecule has 4 aromatic rings. The Morgan fingerprint density at radius 2 is 1.97 bits per heavy atom. The first-order chi connectivity index (χ1) is 16.4. The number of rotatable bonds is 7. The van der Waals surface area contributed by atoms with Crippen LogP contribution >= 0.6 is 12.2 Å². The number of H-pyrrole nitrogens is 1. The van der Waals surface area contributed by atoms with Gasteiger partial charge < -0.3 is 14.6 Å². The lowest BCUT2D eigenvalue weighted by molar-refractivity contribution is 0.0678.